The average molecular weight is 292 g/mol. The van der Waals surface area contributed by atoms with Gasteiger partial charge in [0.05, 0.1) is 12.4 Å². The van der Waals surface area contributed by atoms with Crippen molar-refractivity contribution < 1.29 is 13.5 Å². The largest absolute Gasteiger partial charge is 0.396 e. The summed E-state index contributed by atoms with van der Waals surface area (Å²) in [5.74, 6) is -0.0204. The molecular formula is C10H14ClN3O3S. The fourth-order valence-electron chi connectivity index (χ4n) is 2.12. The number of halogens is 1. The SMILES string of the molecule is O=S(=O)(NC1CCCC1CO)c1cnc(Cl)nc1. The fourth-order valence-corrected chi connectivity index (χ4v) is 3.44. The molecule has 2 unspecified atom stereocenters. The molecule has 0 radical (unpaired) electrons. The topological polar surface area (TPSA) is 92.2 Å². The second-order valence-corrected chi connectivity index (χ2v) is 6.34. The maximum Gasteiger partial charge on any atom is 0.243 e. The van der Waals surface area contributed by atoms with Crippen LogP contribution in [0.1, 0.15) is 19.3 Å². The zero-order valence-electron chi connectivity index (χ0n) is 9.58. The van der Waals surface area contributed by atoms with Gasteiger partial charge in [-0.15, -0.1) is 0 Å². The van der Waals surface area contributed by atoms with Crippen LogP contribution in [0.3, 0.4) is 0 Å². The number of aliphatic hydroxyl groups is 1. The van der Waals surface area contributed by atoms with E-state index in [4.69, 9.17) is 16.7 Å². The predicted octanol–water partition coefficient (Wildman–Crippen LogP) is 0.569. The maximum atomic E-state index is 12.0. The molecule has 1 aromatic rings. The average Bonchev–Trinajstić information content (AvgIpc) is 2.76. The molecule has 0 bridgehead atoms. The molecule has 1 aromatic heterocycles. The minimum absolute atomic E-state index is 0.00283. The van der Waals surface area contributed by atoms with Crippen molar-refractivity contribution in [3.05, 3.63) is 17.7 Å². The number of nitrogens with zero attached hydrogens (tertiary/aromatic N) is 2. The fraction of sp³-hybridized carbons (Fsp3) is 0.600. The first kappa shape index (κ1) is 13.7. The molecule has 2 atom stereocenters. The number of nitrogens with one attached hydrogen (secondary N) is 1. The van der Waals surface area contributed by atoms with Crippen molar-refractivity contribution in [1.29, 1.82) is 0 Å². The van der Waals surface area contributed by atoms with E-state index in [0.717, 1.165) is 19.3 Å². The third kappa shape index (κ3) is 2.97. The minimum Gasteiger partial charge on any atom is -0.396 e. The molecule has 18 heavy (non-hydrogen) atoms. The van der Waals surface area contributed by atoms with E-state index in [2.05, 4.69) is 14.7 Å². The van der Waals surface area contributed by atoms with Crippen molar-refractivity contribution in [1.82, 2.24) is 14.7 Å². The summed E-state index contributed by atoms with van der Waals surface area (Å²) in [6, 6.07) is -0.226. The lowest BCUT2D eigenvalue weighted by atomic mass is 10.1. The Morgan fingerprint density at radius 3 is 2.67 bits per heavy atom. The molecular weight excluding hydrogens is 278 g/mol. The zero-order valence-corrected chi connectivity index (χ0v) is 11.2. The number of hydrogen-bond donors (Lipinski definition) is 2. The first-order valence-electron chi connectivity index (χ1n) is 5.63. The van der Waals surface area contributed by atoms with Crippen molar-refractivity contribution >= 4 is 21.6 Å². The van der Waals surface area contributed by atoms with Crippen LogP contribution in [0.4, 0.5) is 0 Å². The molecule has 1 saturated carbocycles. The van der Waals surface area contributed by atoms with Crippen molar-refractivity contribution in [2.24, 2.45) is 5.92 Å². The summed E-state index contributed by atoms with van der Waals surface area (Å²) in [5.41, 5.74) is 0. The van der Waals surface area contributed by atoms with Gasteiger partial charge in [-0.05, 0) is 30.4 Å². The van der Waals surface area contributed by atoms with Crippen molar-refractivity contribution in [2.75, 3.05) is 6.61 Å². The summed E-state index contributed by atoms with van der Waals surface area (Å²) in [7, 11) is -3.65. The summed E-state index contributed by atoms with van der Waals surface area (Å²) >= 11 is 5.51. The van der Waals surface area contributed by atoms with E-state index in [9.17, 15) is 8.42 Å². The molecule has 1 heterocycles. The first-order valence-corrected chi connectivity index (χ1v) is 7.50. The number of sulfonamides is 1. The molecule has 100 valence electrons. The summed E-state index contributed by atoms with van der Waals surface area (Å²) < 4.78 is 26.7. The predicted molar refractivity (Wildman–Crippen MR) is 65.6 cm³/mol. The van der Waals surface area contributed by atoms with E-state index in [0.29, 0.717) is 0 Å². The van der Waals surface area contributed by atoms with Gasteiger partial charge in [0, 0.05) is 12.6 Å². The molecule has 0 spiro atoms. The highest BCUT2D eigenvalue weighted by molar-refractivity contribution is 7.89. The Morgan fingerprint density at radius 1 is 1.39 bits per heavy atom. The highest BCUT2D eigenvalue weighted by Gasteiger charge is 2.30. The van der Waals surface area contributed by atoms with Crippen molar-refractivity contribution in [3.63, 3.8) is 0 Å². The highest BCUT2D eigenvalue weighted by Crippen LogP contribution is 2.26. The van der Waals surface area contributed by atoms with E-state index in [-0.39, 0.29) is 28.7 Å². The molecule has 0 saturated heterocycles. The first-order chi connectivity index (χ1) is 8.53. The van der Waals surface area contributed by atoms with Gasteiger partial charge in [0.25, 0.3) is 0 Å². The Labute approximate surface area is 110 Å². The minimum atomic E-state index is -3.65. The lowest BCUT2D eigenvalue weighted by Crippen LogP contribution is -2.38. The van der Waals surface area contributed by atoms with E-state index in [1.165, 1.54) is 12.4 Å². The van der Waals surface area contributed by atoms with Gasteiger partial charge in [-0.25, -0.2) is 23.1 Å². The lowest BCUT2D eigenvalue weighted by Gasteiger charge is -2.18. The molecule has 8 heteroatoms. The third-order valence-electron chi connectivity index (χ3n) is 3.11. The number of rotatable bonds is 4. The Kier molecular flexibility index (Phi) is 4.16. The standard InChI is InChI=1S/C10H14ClN3O3S/c11-10-12-4-8(5-13-10)18(16,17)14-9-3-1-2-7(9)6-15/h4-5,7,9,14-15H,1-3,6H2. The van der Waals surface area contributed by atoms with E-state index < -0.39 is 10.0 Å². The van der Waals surface area contributed by atoms with Gasteiger partial charge in [-0.1, -0.05) is 6.42 Å². The second kappa shape index (κ2) is 5.48. The summed E-state index contributed by atoms with van der Waals surface area (Å²) in [6.45, 7) is -0.00962. The lowest BCUT2D eigenvalue weighted by molar-refractivity contribution is 0.213. The molecule has 0 aliphatic heterocycles. The summed E-state index contributed by atoms with van der Waals surface area (Å²) in [6.07, 6.45) is 4.82. The van der Waals surface area contributed by atoms with Gasteiger partial charge in [0.15, 0.2) is 0 Å². The van der Waals surface area contributed by atoms with Crippen LogP contribution in [0.2, 0.25) is 5.28 Å². The van der Waals surface area contributed by atoms with Gasteiger partial charge < -0.3 is 5.11 Å². The van der Waals surface area contributed by atoms with E-state index in [1.54, 1.807) is 0 Å². The van der Waals surface area contributed by atoms with Gasteiger partial charge in [-0.2, -0.15) is 0 Å². The van der Waals surface area contributed by atoms with Gasteiger partial charge in [0.2, 0.25) is 15.3 Å². The Bertz CT molecular complexity index is 506. The molecule has 0 amide bonds. The van der Waals surface area contributed by atoms with E-state index in [1.807, 2.05) is 0 Å². The van der Waals surface area contributed by atoms with Crippen LogP contribution in [0.15, 0.2) is 17.3 Å². The Hall–Kier alpha value is -0.760. The van der Waals surface area contributed by atoms with Crippen LogP contribution in [-0.2, 0) is 10.0 Å². The van der Waals surface area contributed by atoms with Gasteiger partial charge >= 0.3 is 0 Å². The van der Waals surface area contributed by atoms with Crippen LogP contribution < -0.4 is 4.72 Å². The second-order valence-electron chi connectivity index (χ2n) is 4.29. The summed E-state index contributed by atoms with van der Waals surface area (Å²) in [5, 5.41) is 9.17. The van der Waals surface area contributed by atoms with Crippen molar-refractivity contribution in [3.8, 4) is 0 Å². The number of hydrogen-bond acceptors (Lipinski definition) is 5. The maximum absolute atomic E-state index is 12.0. The number of aromatic nitrogens is 2. The smallest absolute Gasteiger partial charge is 0.243 e. The molecule has 0 aromatic carbocycles. The normalized spacial score (nSPS) is 24.3. The molecule has 6 nitrogen and oxygen atoms in total. The van der Waals surface area contributed by atoms with Gasteiger partial charge in [-0.3, -0.25) is 0 Å². The monoisotopic (exact) mass is 291 g/mol. The van der Waals surface area contributed by atoms with Gasteiger partial charge in [0.1, 0.15) is 4.90 Å². The molecule has 1 fully saturated rings. The highest BCUT2D eigenvalue weighted by atomic mass is 35.5. The van der Waals surface area contributed by atoms with Crippen LogP contribution in [0, 0.1) is 5.92 Å². The van der Waals surface area contributed by atoms with Crippen LogP contribution in [-0.4, -0.2) is 36.1 Å². The Balaban J connectivity index is 2.14. The molecule has 1 aliphatic rings. The zero-order chi connectivity index (χ0) is 13.2. The van der Waals surface area contributed by atoms with Crippen LogP contribution in [0.5, 0.6) is 0 Å². The van der Waals surface area contributed by atoms with E-state index >= 15 is 0 Å². The molecule has 2 N–H and O–H groups in total. The number of aliphatic hydroxyl groups excluding tert-OH is 1. The van der Waals surface area contributed by atoms with Crippen LogP contribution in [0.25, 0.3) is 0 Å². The Morgan fingerprint density at radius 2 is 2.06 bits per heavy atom. The molecule has 2 rings (SSSR count). The van der Waals surface area contributed by atoms with Crippen molar-refractivity contribution in [2.45, 2.75) is 30.2 Å². The van der Waals surface area contributed by atoms with Crippen LogP contribution >= 0.6 is 11.6 Å². The third-order valence-corrected chi connectivity index (χ3v) is 4.75. The summed E-state index contributed by atoms with van der Waals surface area (Å²) in [4.78, 5) is 7.27. The molecule has 1 aliphatic carbocycles. The quantitative estimate of drug-likeness (QED) is 0.791.